The van der Waals surface area contributed by atoms with E-state index < -0.39 is 0 Å². The number of rotatable bonds is 5. The van der Waals surface area contributed by atoms with Crippen molar-refractivity contribution in [3.05, 3.63) is 36.3 Å². The van der Waals surface area contributed by atoms with Gasteiger partial charge in [-0.1, -0.05) is 23.9 Å². The molecule has 84 valence electrons. The van der Waals surface area contributed by atoms with Gasteiger partial charge in [0.25, 0.3) is 0 Å². The molecule has 0 bridgehead atoms. The molecule has 1 heterocycles. The highest BCUT2D eigenvalue weighted by atomic mass is 32.2. The standard InChI is InChI=1S/C10H10FN3OS/c11-8-3-1-2-4-9(8)15-5-6-16-10-7-12-14-13-10/h1-4,7H,5-6H2,(H,12,13,14). The van der Waals surface area contributed by atoms with Gasteiger partial charge in [-0.3, -0.25) is 0 Å². The Labute approximate surface area is 96.2 Å². The smallest absolute Gasteiger partial charge is 0.165 e. The molecule has 0 spiro atoms. The van der Waals surface area contributed by atoms with Gasteiger partial charge in [-0.15, -0.1) is 5.10 Å². The predicted octanol–water partition coefficient (Wildman–Crippen LogP) is 2.11. The van der Waals surface area contributed by atoms with Crippen LogP contribution in [-0.4, -0.2) is 27.8 Å². The van der Waals surface area contributed by atoms with Crippen LogP contribution < -0.4 is 4.74 Å². The fourth-order valence-electron chi connectivity index (χ4n) is 1.12. The molecular formula is C10H10FN3OS. The zero-order valence-corrected chi connectivity index (χ0v) is 9.21. The van der Waals surface area contributed by atoms with E-state index in [4.69, 9.17) is 4.74 Å². The first-order valence-electron chi connectivity index (χ1n) is 4.72. The Kier molecular flexibility index (Phi) is 3.76. The van der Waals surface area contributed by atoms with Crippen LogP contribution in [0.5, 0.6) is 5.75 Å². The average Bonchev–Trinajstić information content (AvgIpc) is 2.79. The molecule has 1 aromatic heterocycles. The van der Waals surface area contributed by atoms with Crippen LogP contribution in [0.4, 0.5) is 4.39 Å². The van der Waals surface area contributed by atoms with Crippen LogP contribution in [0.15, 0.2) is 35.5 Å². The summed E-state index contributed by atoms with van der Waals surface area (Å²) in [6.07, 6.45) is 1.63. The zero-order chi connectivity index (χ0) is 11.2. The number of hydrogen-bond donors (Lipinski definition) is 1. The Balaban J connectivity index is 1.74. The van der Waals surface area contributed by atoms with E-state index in [1.165, 1.54) is 17.8 Å². The first kappa shape index (κ1) is 10.9. The summed E-state index contributed by atoms with van der Waals surface area (Å²) in [7, 11) is 0. The number of benzene rings is 1. The molecule has 0 aliphatic heterocycles. The van der Waals surface area contributed by atoms with Crippen LogP contribution in [0, 0.1) is 5.82 Å². The molecule has 0 saturated heterocycles. The molecule has 6 heteroatoms. The van der Waals surface area contributed by atoms with E-state index in [0.717, 1.165) is 5.03 Å². The summed E-state index contributed by atoms with van der Waals surface area (Å²) in [6.45, 7) is 0.429. The van der Waals surface area contributed by atoms with Gasteiger partial charge in [0, 0.05) is 5.75 Å². The van der Waals surface area contributed by atoms with Crippen LogP contribution in [0.1, 0.15) is 0 Å². The minimum atomic E-state index is -0.339. The molecule has 0 aliphatic rings. The van der Waals surface area contributed by atoms with Crippen molar-refractivity contribution in [1.82, 2.24) is 15.4 Å². The molecule has 2 rings (SSSR count). The summed E-state index contributed by atoms with van der Waals surface area (Å²) < 4.78 is 18.4. The Morgan fingerprint density at radius 2 is 2.25 bits per heavy atom. The van der Waals surface area contributed by atoms with E-state index in [-0.39, 0.29) is 11.6 Å². The Hall–Kier alpha value is -1.56. The van der Waals surface area contributed by atoms with Crippen molar-refractivity contribution in [1.29, 1.82) is 0 Å². The lowest BCUT2D eigenvalue weighted by Crippen LogP contribution is -2.01. The lowest BCUT2D eigenvalue weighted by molar-refractivity contribution is 0.325. The van der Waals surface area contributed by atoms with E-state index in [9.17, 15) is 4.39 Å². The van der Waals surface area contributed by atoms with Gasteiger partial charge in [0.05, 0.1) is 12.8 Å². The van der Waals surface area contributed by atoms with Crippen molar-refractivity contribution >= 4 is 11.8 Å². The van der Waals surface area contributed by atoms with Gasteiger partial charge in [-0.05, 0) is 12.1 Å². The number of para-hydroxylation sites is 1. The first-order valence-corrected chi connectivity index (χ1v) is 5.71. The third-order valence-electron chi connectivity index (χ3n) is 1.82. The van der Waals surface area contributed by atoms with Gasteiger partial charge in [0.1, 0.15) is 5.03 Å². The Bertz CT molecular complexity index is 435. The summed E-state index contributed by atoms with van der Waals surface area (Å²) in [5, 5.41) is 10.9. The molecule has 0 amide bonds. The third kappa shape index (κ3) is 2.96. The van der Waals surface area contributed by atoms with E-state index in [2.05, 4.69) is 15.4 Å². The van der Waals surface area contributed by atoms with Gasteiger partial charge >= 0.3 is 0 Å². The van der Waals surface area contributed by atoms with Gasteiger partial charge in [-0.2, -0.15) is 10.3 Å². The highest BCUT2D eigenvalue weighted by Crippen LogP contribution is 2.17. The number of aromatic amines is 1. The molecule has 0 aliphatic carbocycles. The molecule has 2 aromatic rings. The third-order valence-corrected chi connectivity index (χ3v) is 2.68. The molecule has 0 fully saturated rings. The number of aromatic nitrogens is 3. The van der Waals surface area contributed by atoms with Crippen molar-refractivity contribution in [3.63, 3.8) is 0 Å². The fourth-order valence-corrected chi connectivity index (χ4v) is 1.73. The molecule has 1 N–H and O–H groups in total. The van der Waals surface area contributed by atoms with E-state index in [1.54, 1.807) is 24.4 Å². The van der Waals surface area contributed by atoms with Gasteiger partial charge in [0.15, 0.2) is 11.6 Å². The number of H-pyrrole nitrogens is 1. The summed E-state index contributed by atoms with van der Waals surface area (Å²) in [5.74, 6) is 0.637. The monoisotopic (exact) mass is 239 g/mol. The quantitative estimate of drug-likeness (QED) is 0.641. The van der Waals surface area contributed by atoms with Crippen molar-refractivity contribution in [2.45, 2.75) is 5.03 Å². The van der Waals surface area contributed by atoms with Gasteiger partial charge in [0.2, 0.25) is 0 Å². The van der Waals surface area contributed by atoms with Crippen molar-refractivity contribution in [3.8, 4) is 5.75 Å². The van der Waals surface area contributed by atoms with Crippen LogP contribution in [0.25, 0.3) is 0 Å². The number of nitrogens with one attached hydrogen (secondary N) is 1. The maximum absolute atomic E-state index is 13.1. The maximum atomic E-state index is 13.1. The Morgan fingerprint density at radius 1 is 1.38 bits per heavy atom. The lowest BCUT2D eigenvalue weighted by Gasteiger charge is -2.05. The minimum absolute atomic E-state index is 0.281. The summed E-state index contributed by atoms with van der Waals surface area (Å²) in [5.41, 5.74) is 0. The zero-order valence-electron chi connectivity index (χ0n) is 8.39. The molecule has 1 aromatic carbocycles. The first-order chi connectivity index (χ1) is 7.86. The molecular weight excluding hydrogens is 229 g/mol. The summed E-state index contributed by atoms with van der Waals surface area (Å²) in [6, 6.07) is 6.35. The normalized spacial score (nSPS) is 10.3. The molecule has 4 nitrogen and oxygen atoms in total. The summed E-state index contributed by atoms with van der Waals surface area (Å²) >= 11 is 1.50. The van der Waals surface area contributed by atoms with Crippen molar-refractivity contribution < 1.29 is 9.13 Å². The average molecular weight is 239 g/mol. The van der Waals surface area contributed by atoms with E-state index in [0.29, 0.717) is 12.4 Å². The topological polar surface area (TPSA) is 50.8 Å². The number of nitrogens with zero attached hydrogens (tertiary/aromatic N) is 2. The van der Waals surface area contributed by atoms with Crippen molar-refractivity contribution in [2.24, 2.45) is 0 Å². The number of thioether (sulfide) groups is 1. The highest BCUT2D eigenvalue weighted by Gasteiger charge is 2.01. The van der Waals surface area contributed by atoms with E-state index >= 15 is 0 Å². The summed E-state index contributed by atoms with van der Waals surface area (Å²) in [4.78, 5) is 0. The minimum Gasteiger partial charge on any atom is -0.490 e. The molecule has 0 radical (unpaired) electrons. The molecule has 16 heavy (non-hydrogen) atoms. The van der Waals surface area contributed by atoms with Gasteiger partial charge < -0.3 is 4.74 Å². The van der Waals surface area contributed by atoms with Crippen LogP contribution >= 0.6 is 11.8 Å². The van der Waals surface area contributed by atoms with Crippen molar-refractivity contribution in [2.75, 3.05) is 12.4 Å². The second-order valence-corrected chi connectivity index (χ2v) is 4.05. The largest absolute Gasteiger partial charge is 0.490 e. The Morgan fingerprint density at radius 3 is 3.00 bits per heavy atom. The van der Waals surface area contributed by atoms with Crippen LogP contribution in [0.3, 0.4) is 0 Å². The second-order valence-electron chi connectivity index (χ2n) is 2.94. The SMILES string of the molecule is Fc1ccccc1OCCSc1cn[nH]n1. The second kappa shape index (κ2) is 5.50. The number of hydrogen-bond acceptors (Lipinski definition) is 4. The van der Waals surface area contributed by atoms with Crippen LogP contribution in [-0.2, 0) is 0 Å². The van der Waals surface area contributed by atoms with Gasteiger partial charge in [-0.25, -0.2) is 4.39 Å². The lowest BCUT2D eigenvalue weighted by atomic mass is 10.3. The molecule has 0 saturated carbocycles. The van der Waals surface area contributed by atoms with E-state index in [1.807, 2.05) is 0 Å². The highest BCUT2D eigenvalue weighted by molar-refractivity contribution is 7.99. The predicted molar refractivity (Wildman–Crippen MR) is 59.0 cm³/mol. The molecule has 0 unspecified atom stereocenters. The van der Waals surface area contributed by atoms with Crippen LogP contribution in [0.2, 0.25) is 0 Å². The number of ether oxygens (including phenoxy) is 1. The number of halogens is 1. The molecule has 0 atom stereocenters. The maximum Gasteiger partial charge on any atom is 0.165 e. The fraction of sp³-hybridized carbons (Fsp3) is 0.200.